The van der Waals surface area contributed by atoms with Gasteiger partial charge in [0.15, 0.2) is 0 Å². The molecule has 8 heteroatoms. The number of amides is 2. The van der Waals surface area contributed by atoms with E-state index in [4.69, 9.17) is 5.21 Å². The molecule has 0 radical (unpaired) electrons. The first kappa shape index (κ1) is 16.9. The van der Waals surface area contributed by atoms with Gasteiger partial charge < -0.3 is 5.32 Å². The van der Waals surface area contributed by atoms with Crippen LogP contribution in [0.2, 0.25) is 0 Å². The van der Waals surface area contributed by atoms with Crippen molar-refractivity contribution in [2.45, 2.75) is 38.1 Å². The molecule has 1 aromatic rings. The number of nitro groups is 1. The lowest BCUT2D eigenvalue weighted by Gasteiger charge is -2.31. The first-order chi connectivity index (χ1) is 11.0. The summed E-state index contributed by atoms with van der Waals surface area (Å²) < 4.78 is 0. The van der Waals surface area contributed by atoms with Gasteiger partial charge in [-0.15, -0.1) is 0 Å². The predicted molar refractivity (Wildman–Crippen MR) is 80.9 cm³/mol. The van der Waals surface area contributed by atoms with Gasteiger partial charge in [0.1, 0.15) is 0 Å². The molecule has 0 saturated heterocycles. The van der Waals surface area contributed by atoms with Crippen LogP contribution < -0.4 is 10.8 Å². The topological polar surface area (TPSA) is 122 Å². The van der Waals surface area contributed by atoms with Crippen LogP contribution in [0.15, 0.2) is 24.3 Å². The fourth-order valence-electron chi connectivity index (χ4n) is 2.91. The van der Waals surface area contributed by atoms with Crippen LogP contribution in [-0.4, -0.2) is 28.0 Å². The number of nitro benzene ring substituents is 1. The minimum atomic E-state index is -0.521. The molecule has 1 aliphatic carbocycles. The first-order valence-corrected chi connectivity index (χ1v) is 7.49. The molecule has 0 aromatic heterocycles. The molecule has 0 aliphatic heterocycles. The van der Waals surface area contributed by atoms with Gasteiger partial charge >= 0.3 is 0 Å². The Kier molecular flexibility index (Phi) is 5.64. The second kappa shape index (κ2) is 7.68. The van der Waals surface area contributed by atoms with Gasteiger partial charge in [-0.2, -0.15) is 0 Å². The SMILES string of the molecule is O=C(CC1CCCCC1NC(=O)c1ccc([N+](=O)[O-])cc1)NO. The lowest BCUT2D eigenvalue weighted by atomic mass is 9.82. The molecule has 0 spiro atoms. The van der Waals surface area contributed by atoms with E-state index in [0.717, 1.165) is 25.7 Å². The number of hydroxylamine groups is 1. The first-order valence-electron chi connectivity index (χ1n) is 7.49. The van der Waals surface area contributed by atoms with E-state index in [-0.39, 0.29) is 30.0 Å². The lowest BCUT2D eigenvalue weighted by molar-refractivity contribution is -0.384. The molecular weight excluding hydrogens is 302 g/mol. The maximum absolute atomic E-state index is 12.3. The number of carbonyl (C=O) groups excluding carboxylic acids is 2. The van der Waals surface area contributed by atoms with Gasteiger partial charge in [0.25, 0.3) is 11.6 Å². The quantitative estimate of drug-likeness (QED) is 0.433. The summed E-state index contributed by atoms with van der Waals surface area (Å²) in [6.07, 6.45) is 3.66. The maximum atomic E-state index is 12.3. The van der Waals surface area contributed by atoms with E-state index in [1.807, 2.05) is 0 Å². The molecule has 1 aromatic carbocycles. The summed E-state index contributed by atoms with van der Waals surface area (Å²) in [6, 6.07) is 5.24. The van der Waals surface area contributed by atoms with Crippen molar-refractivity contribution < 1.29 is 19.7 Å². The Morgan fingerprint density at radius 2 is 1.87 bits per heavy atom. The van der Waals surface area contributed by atoms with Gasteiger partial charge in [0.05, 0.1) is 4.92 Å². The molecule has 23 heavy (non-hydrogen) atoms. The minimum absolute atomic E-state index is 0.0297. The van der Waals surface area contributed by atoms with Crippen molar-refractivity contribution >= 4 is 17.5 Å². The number of hydrogen-bond donors (Lipinski definition) is 3. The molecule has 2 unspecified atom stereocenters. The van der Waals surface area contributed by atoms with Crippen LogP contribution in [0, 0.1) is 16.0 Å². The van der Waals surface area contributed by atoms with E-state index in [1.54, 1.807) is 5.48 Å². The molecule has 124 valence electrons. The van der Waals surface area contributed by atoms with Crippen molar-refractivity contribution in [1.29, 1.82) is 0 Å². The van der Waals surface area contributed by atoms with Crippen LogP contribution in [0.25, 0.3) is 0 Å². The molecule has 2 rings (SSSR count). The highest BCUT2D eigenvalue weighted by molar-refractivity contribution is 5.94. The lowest BCUT2D eigenvalue weighted by Crippen LogP contribution is -2.43. The molecule has 1 fully saturated rings. The number of carbonyl (C=O) groups is 2. The van der Waals surface area contributed by atoms with E-state index in [1.165, 1.54) is 24.3 Å². The number of hydrogen-bond acceptors (Lipinski definition) is 5. The Morgan fingerprint density at radius 1 is 1.22 bits per heavy atom. The van der Waals surface area contributed by atoms with Crippen molar-refractivity contribution in [3.63, 3.8) is 0 Å². The molecule has 0 heterocycles. The van der Waals surface area contributed by atoms with Crippen molar-refractivity contribution in [2.24, 2.45) is 5.92 Å². The average Bonchev–Trinajstić information content (AvgIpc) is 2.56. The highest BCUT2D eigenvalue weighted by atomic mass is 16.6. The van der Waals surface area contributed by atoms with Crippen molar-refractivity contribution in [1.82, 2.24) is 10.8 Å². The average molecular weight is 321 g/mol. The Balaban J connectivity index is 2.01. The third kappa shape index (κ3) is 4.49. The molecule has 2 atom stereocenters. The summed E-state index contributed by atoms with van der Waals surface area (Å²) in [5.74, 6) is -0.814. The summed E-state index contributed by atoms with van der Waals surface area (Å²) in [4.78, 5) is 33.7. The number of benzene rings is 1. The fourth-order valence-corrected chi connectivity index (χ4v) is 2.91. The van der Waals surface area contributed by atoms with Crippen molar-refractivity contribution in [3.8, 4) is 0 Å². The Morgan fingerprint density at radius 3 is 2.48 bits per heavy atom. The van der Waals surface area contributed by atoms with Crippen LogP contribution in [0.4, 0.5) is 5.69 Å². The monoisotopic (exact) mass is 321 g/mol. The summed E-state index contributed by atoms with van der Waals surface area (Å²) in [5.41, 5.74) is 1.89. The van der Waals surface area contributed by atoms with Gasteiger partial charge in [-0.1, -0.05) is 12.8 Å². The second-order valence-electron chi connectivity index (χ2n) is 5.67. The molecule has 0 bridgehead atoms. The highest BCUT2D eigenvalue weighted by Gasteiger charge is 2.28. The van der Waals surface area contributed by atoms with Gasteiger partial charge in [0.2, 0.25) is 5.91 Å². The van der Waals surface area contributed by atoms with Crippen LogP contribution >= 0.6 is 0 Å². The molecule has 1 aliphatic rings. The predicted octanol–water partition coefficient (Wildman–Crippen LogP) is 1.78. The second-order valence-corrected chi connectivity index (χ2v) is 5.67. The standard InChI is InChI=1S/C15H19N3O5/c19-14(17-21)9-11-3-1-2-4-13(11)16-15(20)10-5-7-12(8-6-10)18(22)23/h5-8,11,13,21H,1-4,9H2,(H,16,20)(H,17,19). The van der Waals surface area contributed by atoms with Crippen LogP contribution in [-0.2, 0) is 4.79 Å². The van der Waals surface area contributed by atoms with Gasteiger partial charge in [-0.3, -0.25) is 24.9 Å². The van der Waals surface area contributed by atoms with Gasteiger partial charge in [-0.25, -0.2) is 5.48 Å². The Hall–Kier alpha value is -2.48. The molecular formula is C15H19N3O5. The summed E-state index contributed by atoms with van der Waals surface area (Å²) in [5, 5.41) is 22.2. The number of nitrogens with zero attached hydrogens (tertiary/aromatic N) is 1. The van der Waals surface area contributed by atoms with Crippen molar-refractivity contribution in [3.05, 3.63) is 39.9 Å². The zero-order valence-corrected chi connectivity index (χ0v) is 12.5. The van der Waals surface area contributed by atoms with Crippen LogP contribution in [0.5, 0.6) is 0 Å². The minimum Gasteiger partial charge on any atom is -0.349 e. The molecule has 2 amide bonds. The number of nitrogens with one attached hydrogen (secondary N) is 2. The summed E-state index contributed by atoms with van der Waals surface area (Å²) >= 11 is 0. The van der Waals surface area contributed by atoms with Crippen LogP contribution in [0.1, 0.15) is 42.5 Å². The zero-order valence-electron chi connectivity index (χ0n) is 12.5. The van der Waals surface area contributed by atoms with E-state index in [9.17, 15) is 19.7 Å². The third-order valence-corrected chi connectivity index (χ3v) is 4.14. The zero-order chi connectivity index (χ0) is 16.8. The summed E-state index contributed by atoms with van der Waals surface area (Å²) in [6.45, 7) is 0. The number of non-ortho nitro benzene ring substituents is 1. The fraction of sp³-hybridized carbons (Fsp3) is 0.467. The van der Waals surface area contributed by atoms with E-state index >= 15 is 0 Å². The molecule has 8 nitrogen and oxygen atoms in total. The third-order valence-electron chi connectivity index (χ3n) is 4.14. The van der Waals surface area contributed by atoms with Gasteiger partial charge in [-0.05, 0) is 30.9 Å². The van der Waals surface area contributed by atoms with Gasteiger partial charge in [0, 0.05) is 30.2 Å². The molecule has 1 saturated carbocycles. The van der Waals surface area contributed by atoms with E-state index in [2.05, 4.69) is 5.32 Å². The maximum Gasteiger partial charge on any atom is 0.269 e. The van der Waals surface area contributed by atoms with E-state index < -0.39 is 10.8 Å². The van der Waals surface area contributed by atoms with Crippen LogP contribution in [0.3, 0.4) is 0 Å². The Labute approximate surface area is 133 Å². The summed E-state index contributed by atoms with van der Waals surface area (Å²) in [7, 11) is 0. The van der Waals surface area contributed by atoms with Crippen molar-refractivity contribution in [2.75, 3.05) is 0 Å². The smallest absolute Gasteiger partial charge is 0.269 e. The molecule has 3 N–H and O–H groups in total. The Bertz CT molecular complexity index is 587. The largest absolute Gasteiger partial charge is 0.349 e. The normalized spacial score (nSPS) is 20.6. The highest BCUT2D eigenvalue weighted by Crippen LogP contribution is 2.27. The number of rotatable bonds is 5. The van der Waals surface area contributed by atoms with E-state index in [0.29, 0.717) is 5.56 Å².